The third-order valence-electron chi connectivity index (χ3n) is 5.13. The number of rotatable bonds is 5. The molecule has 4 heterocycles. The number of carbonyl (C=O) groups is 1. The largest absolute Gasteiger partial charge is 0.356 e. The quantitative estimate of drug-likeness (QED) is 0.713. The second-order valence-corrected chi connectivity index (χ2v) is 7.32. The summed E-state index contributed by atoms with van der Waals surface area (Å²) in [4.78, 5) is 28.0. The molecular formula is C21H24N6O2. The maximum atomic E-state index is 12.8. The van der Waals surface area contributed by atoms with Gasteiger partial charge in [0, 0.05) is 25.5 Å². The van der Waals surface area contributed by atoms with Gasteiger partial charge >= 0.3 is 0 Å². The standard InChI is InChI=1S/C21H24N6O2/c1-14(18-7-3-4-10-22-18)24-20(28)17-6-5-11-27(13-17)19-9-8-16(12-23-19)21-25-15(2)26-29-21/h3-4,7-10,12,14,17H,5-6,11,13H2,1-2H3,(H,24,28). The minimum Gasteiger partial charge on any atom is -0.356 e. The van der Waals surface area contributed by atoms with Gasteiger partial charge in [0.25, 0.3) is 5.89 Å². The molecule has 3 aromatic rings. The number of aromatic nitrogens is 4. The molecule has 0 aromatic carbocycles. The molecule has 8 nitrogen and oxygen atoms in total. The first-order chi connectivity index (χ1) is 14.1. The van der Waals surface area contributed by atoms with E-state index in [1.54, 1.807) is 19.3 Å². The highest BCUT2D eigenvalue weighted by Gasteiger charge is 2.27. The number of nitrogens with one attached hydrogen (secondary N) is 1. The molecule has 1 amide bonds. The number of hydrogen-bond donors (Lipinski definition) is 1. The Hall–Kier alpha value is -3.29. The molecule has 1 N–H and O–H groups in total. The van der Waals surface area contributed by atoms with Crippen LogP contribution in [0, 0.1) is 12.8 Å². The average molecular weight is 392 g/mol. The lowest BCUT2D eigenvalue weighted by Gasteiger charge is -2.33. The smallest absolute Gasteiger partial charge is 0.259 e. The Bertz CT molecular complexity index is 957. The summed E-state index contributed by atoms with van der Waals surface area (Å²) in [6.07, 6.45) is 5.29. The summed E-state index contributed by atoms with van der Waals surface area (Å²) in [7, 11) is 0. The van der Waals surface area contributed by atoms with Gasteiger partial charge in [0.15, 0.2) is 5.82 Å². The van der Waals surface area contributed by atoms with Crippen LogP contribution in [0.25, 0.3) is 11.5 Å². The summed E-state index contributed by atoms with van der Waals surface area (Å²) in [5.41, 5.74) is 1.65. The van der Waals surface area contributed by atoms with Crippen molar-refractivity contribution >= 4 is 11.7 Å². The van der Waals surface area contributed by atoms with E-state index in [0.717, 1.165) is 36.5 Å². The van der Waals surface area contributed by atoms with E-state index in [9.17, 15) is 4.79 Å². The predicted molar refractivity (Wildman–Crippen MR) is 108 cm³/mol. The van der Waals surface area contributed by atoms with Crippen molar-refractivity contribution in [1.82, 2.24) is 25.4 Å². The van der Waals surface area contributed by atoms with Crippen molar-refractivity contribution in [2.24, 2.45) is 5.92 Å². The van der Waals surface area contributed by atoms with Gasteiger partial charge in [-0.2, -0.15) is 4.98 Å². The van der Waals surface area contributed by atoms with E-state index in [1.165, 1.54) is 0 Å². The molecule has 2 unspecified atom stereocenters. The minimum absolute atomic E-state index is 0.0609. The van der Waals surface area contributed by atoms with E-state index in [-0.39, 0.29) is 17.9 Å². The van der Waals surface area contributed by atoms with Crippen LogP contribution >= 0.6 is 0 Å². The number of aryl methyl sites for hydroxylation is 1. The fourth-order valence-electron chi connectivity index (χ4n) is 3.55. The predicted octanol–water partition coefficient (Wildman–Crippen LogP) is 2.93. The van der Waals surface area contributed by atoms with Gasteiger partial charge in [0.1, 0.15) is 5.82 Å². The molecular weight excluding hydrogens is 368 g/mol. The van der Waals surface area contributed by atoms with Gasteiger partial charge in [-0.1, -0.05) is 11.2 Å². The second kappa shape index (κ2) is 8.38. The Labute approximate surface area is 169 Å². The second-order valence-electron chi connectivity index (χ2n) is 7.32. The van der Waals surface area contributed by atoms with E-state index in [2.05, 4.69) is 30.3 Å². The summed E-state index contributed by atoms with van der Waals surface area (Å²) in [6.45, 7) is 5.27. The maximum Gasteiger partial charge on any atom is 0.259 e. The summed E-state index contributed by atoms with van der Waals surface area (Å²) >= 11 is 0. The molecule has 2 atom stereocenters. The molecule has 0 saturated carbocycles. The summed E-state index contributed by atoms with van der Waals surface area (Å²) in [5, 5.41) is 6.90. The Balaban J connectivity index is 1.39. The van der Waals surface area contributed by atoms with Gasteiger partial charge in [-0.05, 0) is 51.0 Å². The first-order valence-electron chi connectivity index (χ1n) is 9.83. The molecule has 3 aromatic heterocycles. The number of anilines is 1. The molecule has 8 heteroatoms. The molecule has 150 valence electrons. The monoisotopic (exact) mass is 392 g/mol. The molecule has 1 aliphatic rings. The van der Waals surface area contributed by atoms with Gasteiger partial charge in [-0.3, -0.25) is 9.78 Å². The Morgan fingerprint density at radius 3 is 2.86 bits per heavy atom. The van der Waals surface area contributed by atoms with Gasteiger partial charge in [-0.25, -0.2) is 4.98 Å². The first kappa shape index (κ1) is 19.0. The van der Waals surface area contributed by atoms with Gasteiger partial charge in [0.2, 0.25) is 5.91 Å². The van der Waals surface area contributed by atoms with Crippen LogP contribution in [-0.4, -0.2) is 39.1 Å². The van der Waals surface area contributed by atoms with Crippen LogP contribution in [0.2, 0.25) is 0 Å². The zero-order valence-electron chi connectivity index (χ0n) is 16.6. The summed E-state index contributed by atoms with van der Waals surface area (Å²) in [6, 6.07) is 9.46. The van der Waals surface area contributed by atoms with Crippen LogP contribution in [-0.2, 0) is 4.79 Å². The molecule has 0 spiro atoms. The minimum atomic E-state index is -0.116. The highest BCUT2D eigenvalue weighted by Crippen LogP contribution is 2.24. The van der Waals surface area contributed by atoms with Crippen molar-refractivity contribution in [2.45, 2.75) is 32.7 Å². The molecule has 29 heavy (non-hydrogen) atoms. The van der Waals surface area contributed by atoms with E-state index < -0.39 is 0 Å². The average Bonchev–Trinajstić information content (AvgIpc) is 3.21. The first-order valence-corrected chi connectivity index (χ1v) is 9.83. The van der Waals surface area contributed by atoms with Crippen LogP contribution in [0.5, 0.6) is 0 Å². The third-order valence-corrected chi connectivity index (χ3v) is 5.13. The van der Waals surface area contributed by atoms with Gasteiger partial charge < -0.3 is 14.7 Å². The van der Waals surface area contributed by atoms with Crippen LogP contribution in [0.1, 0.15) is 37.3 Å². The molecule has 0 aliphatic carbocycles. The molecule has 1 saturated heterocycles. The number of hydrogen-bond acceptors (Lipinski definition) is 7. The van der Waals surface area contributed by atoms with E-state index in [0.29, 0.717) is 18.3 Å². The summed E-state index contributed by atoms with van der Waals surface area (Å²) < 4.78 is 5.18. The molecule has 1 aliphatic heterocycles. The zero-order valence-corrected chi connectivity index (χ0v) is 16.6. The number of carbonyl (C=O) groups excluding carboxylic acids is 1. The number of piperidine rings is 1. The lowest BCUT2D eigenvalue weighted by Crippen LogP contribution is -2.44. The van der Waals surface area contributed by atoms with Crippen molar-refractivity contribution in [3.05, 3.63) is 54.2 Å². The summed E-state index contributed by atoms with van der Waals surface area (Å²) in [5.74, 6) is 1.89. The van der Waals surface area contributed by atoms with E-state index in [4.69, 9.17) is 4.52 Å². The third kappa shape index (κ3) is 4.42. The van der Waals surface area contributed by atoms with Crippen molar-refractivity contribution < 1.29 is 9.32 Å². The van der Waals surface area contributed by atoms with Gasteiger partial charge in [0.05, 0.1) is 23.2 Å². The SMILES string of the molecule is Cc1noc(-c2ccc(N3CCCC(C(=O)NC(C)c4ccccn4)C3)nc2)n1. The van der Waals surface area contributed by atoms with Gasteiger partial charge in [-0.15, -0.1) is 0 Å². The fraction of sp³-hybridized carbons (Fsp3) is 0.381. The van der Waals surface area contributed by atoms with E-state index in [1.807, 2.05) is 37.3 Å². The molecule has 4 rings (SSSR count). The maximum absolute atomic E-state index is 12.8. The van der Waals surface area contributed by atoms with Crippen LogP contribution < -0.4 is 10.2 Å². The lowest BCUT2D eigenvalue weighted by atomic mass is 9.96. The molecule has 0 bridgehead atoms. The number of nitrogens with zero attached hydrogens (tertiary/aromatic N) is 5. The molecule has 1 fully saturated rings. The molecule has 0 radical (unpaired) electrons. The topological polar surface area (TPSA) is 97.0 Å². The number of pyridine rings is 2. The number of amides is 1. The van der Waals surface area contributed by atoms with Crippen LogP contribution in [0.15, 0.2) is 47.2 Å². The Morgan fingerprint density at radius 2 is 2.17 bits per heavy atom. The van der Waals surface area contributed by atoms with Crippen molar-refractivity contribution in [1.29, 1.82) is 0 Å². The highest BCUT2D eigenvalue weighted by molar-refractivity contribution is 5.80. The van der Waals surface area contributed by atoms with Crippen molar-refractivity contribution in [3.63, 3.8) is 0 Å². The van der Waals surface area contributed by atoms with Crippen LogP contribution in [0.4, 0.5) is 5.82 Å². The Kier molecular flexibility index (Phi) is 5.50. The van der Waals surface area contributed by atoms with Crippen molar-refractivity contribution in [3.8, 4) is 11.5 Å². The van der Waals surface area contributed by atoms with Crippen molar-refractivity contribution in [2.75, 3.05) is 18.0 Å². The van der Waals surface area contributed by atoms with Crippen LogP contribution in [0.3, 0.4) is 0 Å². The fourth-order valence-corrected chi connectivity index (χ4v) is 3.55. The van der Waals surface area contributed by atoms with E-state index >= 15 is 0 Å². The lowest BCUT2D eigenvalue weighted by molar-refractivity contribution is -0.125. The highest BCUT2D eigenvalue weighted by atomic mass is 16.5. The zero-order chi connectivity index (χ0) is 20.2. The Morgan fingerprint density at radius 1 is 1.28 bits per heavy atom. The normalized spacial score (nSPS) is 17.7.